The minimum absolute atomic E-state index is 0.129. The van der Waals surface area contributed by atoms with E-state index in [1.54, 1.807) is 11.9 Å². The Bertz CT molecular complexity index is 639. The van der Waals surface area contributed by atoms with Crippen molar-refractivity contribution in [2.24, 2.45) is 0 Å². The van der Waals surface area contributed by atoms with Crippen LogP contribution in [0.1, 0.15) is 24.5 Å². The van der Waals surface area contributed by atoms with Crippen LogP contribution in [0.3, 0.4) is 0 Å². The van der Waals surface area contributed by atoms with Crippen molar-refractivity contribution in [3.05, 3.63) is 48.7 Å². The second kappa shape index (κ2) is 4.96. The lowest BCUT2D eigenvalue weighted by molar-refractivity contribution is -0.113. The number of amides is 1. The molecule has 1 aliphatic carbocycles. The molecule has 1 saturated carbocycles. The predicted octanol–water partition coefficient (Wildman–Crippen LogP) is 3.37. The van der Waals surface area contributed by atoms with Crippen molar-refractivity contribution in [2.45, 2.75) is 18.8 Å². The van der Waals surface area contributed by atoms with Gasteiger partial charge in [-0.3, -0.25) is 4.79 Å². The van der Waals surface area contributed by atoms with E-state index in [2.05, 4.69) is 11.7 Å². The average molecular weight is 268 g/mol. The third-order valence-corrected chi connectivity index (χ3v) is 3.56. The van der Waals surface area contributed by atoms with Gasteiger partial charge < -0.3 is 9.42 Å². The predicted molar refractivity (Wildman–Crippen MR) is 77.5 cm³/mol. The molecule has 20 heavy (non-hydrogen) atoms. The SMILES string of the molecule is C=CC(=O)N(C)c1ccc(-c2cc(C3CC3)on2)cc1. The fraction of sp³-hybridized carbons (Fsp3) is 0.250. The van der Waals surface area contributed by atoms with Crippen molar-refractivity contribution in [2.75, 3.05) is 11.9 Å². The third-order valence-electron chi connectivity index (χ3n) is 3.56. The van der Waals surface area contributed by atoms with Crippen LogP contribution < -0.4 is 4.90 Å². The summed E-state index contributed by atoms with van der Waals surface area (Å²) < 4.78 is 5.35. The highest BCUT2D eigenvalue weighted by molar-refractivity contribution is 6.00. The summed E-state index contributed by atoms with van der Waals surface area (Å²) in [6.07, 6.45) is 3.69. The molecular formula is C16H16N2O2. The number of hydrogen-bond donors (Lipinski definition) is 0. The topological polar surface area (TPSA) is 46.3 Å². The molecule has 1 aromatic heterocycles. The van der Waals surface area contributed by atoms with Crippen molar-refractivity contribution in [3.8, 4) is 11.3 Å². The van der Waals surface area contributed by atoms with Crippen LogP contribution in [0.2, 0.25) is 0 Å². The Morgan fingerprint density at radius 2 is 2.10 bits per heavy atom. The number of hydrogen-bond acceptors (Lipinski definition) is 3. The fourth-order valence-corrected chi connectivity index (χ4v) is 2.11. The van der Waals surface area contributed by atoms with Crippen LogP contribution >= 0.6 is 0 Å². The van der Waals surface area contributed by atoms with Gasteiger partial charge >= 0.3 is 0 Å². The second-order valence-electron chi connectivity index (χ2n) is 5.04. The maximum atomic E-state index is 11.5. The summed E-state index contributed by atoms with van der Waals surface area (Å²) in [6.45, 7) is 3.48. The van der Waals surface area contributed by atoms with Crippen LogP contribution in [-0.2, 0) is 4.79 Å². The summed E-state index contributed by atoms with van der Waals surface area (Å²) in [4.78, 5) is 13.1. The molecule has 1 fully saturated rings. The Labute approximate surface area is 117 Å². The number of carbonyl (C=O) groups excluding carboxylic acids is 1. The molecule has 4 nitrogen and oxygen atoms in total. The van der Waals surface area contributed by atoms with Gasteiger partial charge in [0.25, 0.3) is 0 Å². The first-order valence-corrected chi connectivity index (χ1v) is 6.66. The van der Waals surface area contributed by atoms with E-state index in [9.17, 15) is 4.79 Å². The number of carbonyl (C=O) groups is 1. The molecule has 3 rings (SSSR count). The minimum atomic E-state index is -0.129. The first-order valence-electron chi connectivity index (χ1n) is 6.66. The molecule has 0 spiro atoms. The minimum Gasteiger partial charge on any atom is -0.360 e. The van der Waals surface area contributed by atoms with Gasteiger partial charge in [-0.1, -0.05) is 23.9 Å². The van der Waals surface area contributed by atoms with E-state index in [0.29, 0.717) is 5.92 Å². The largest absolute Gasteiger partial charge is 0.360 e. The third kappa shape index (κ3) is 2.37. The highest BCUT2D eigenvalue weighted by Gasteiger charge is 2.28. The number of aromatic nitrogens is 1. The number of anilines is 1. The molecule has 0 radical (unpaired) electrons. The van der Waals surface area contributed by atoms with E-state index >= 15 is 0 Å². The molecule has 2 aromatic rings. The van der Waals surface area contributed by atoms with Crippen molar-refractivity contribution >= 4 is 11.6 Å². The number of rotatable bonds is 4. The summed E-state index contributed by atoms with van der Waals surface area (Å²) in [6, 6.07) is 9.67. The summed E-state index contributed by atoms with van der Waals surface area (Å²) in [5.41, 5.74) is 2.66. The summed E-state index contributed by atoms with van der Waals surface area (Å²) in [5.74, 6) is 1.41. The maximum absolute atomic E-state index is 11.5. The molecule has 1 aliphatic rings. The molecule has 102 valence electrons. The Balaban J connectivity index is 1.81. The lowest BCUT2D eigenvalue weighted by Gasteiger charge is -2.15. The number of benzene rings is 1. The molecular weight excluding hydrogens is 252 g/mol. The van der Waals surface area contributed by atoms with Gasteiger partial charge in [-0.25, -0.2) is 0 Å². The lowest BCUT2D eigenvalue weighted by atomic mass is 10.1. The van der Waals surface area contributed by atoms with Crippen LogP contribution in [-0.4, -0.2) is 18.1 Å². The van der Waals surface area contributed by atoms with Crippen LogP contribution in [0, 0.1) is 0 Å². The summed E-state index contributed by atoms with van der Waals surface area (Å²) >= 11 is 0. The van der Waals surface area contributed by atoms with Crippen molar-refractivity contribution in [1.82, 2.24) is 5.16 Å². The zero-order valence-electron chi connectivity index (χ0n) is 11.4. The zero-order valence-corrected chi connectivity index (χ0v) is 11.4. The van der Waals surface area contributed by atoms with Gasteiger partial charge in [-0.05, 0) is 31.1 Å². The van der Waals surface area contributed by atoms with Gasteiger partial charge in [0.05, 0.1) is 0 Å². The Kier molecular flexibility index (Phi) is 3.14. The average Bonchev–Trinajstić information content (AvgIpc) is 3.23. The highest BCUT2D eigenvalue weighted by atomic mass is 16.5. The van der Waals surface area contributed by atoms with Gasteiger partial charge in [0.15, 0.2) is 0 Å². The van der Waals surface area contributed by atoms with Crippen molar-refractivity contribution in [3.63, 3.8) is 0 Å². The molecule has 1 amide bonds. The van der Waals surface area contributed by atoms with E-state index in [0.717, 1.165) is 22.7 Å². The number of nitrogens with zero attached hydrogens (tertiary/aromatic N) is 2. The summed E-state index contributed by atoms with van der Waals surface area (Å²) in [5, 5.41) is 4.10. The monoisotopic (exact) mass is 268 g/mol. The van der Waals surface area contributed by atoms with Gasteiger partial charge in [-0.2, -0.15) is 0 Å². The summed E-state index contributed by atoms with van der Waals surface area (Å²) in [7, 11) is 1.72. The van der Waals surface area contributed by atoms with Gasteiger partial charge in [-0.15, -0.1) is 0 Å². The normalized spacial score (nSPS) is 14.1. The quantitative estimate of drug-likeness (QED) is 0.799. The molecule has 4 heteroatoms. The van der Waals surface area contributed by atoms with Crippen molar-refractivity contribution in [1.29, 1.82) is 0 Å². The number of likely N-dealkylation sites (N-methyl/N-ethyl adjacent to an activating group) is 1. The molecule has 1 aromatic carbocycles. The molecule has 0 aliphatic heterocycles. The van der Waals surface area contributed by atoms with Crippen LogP contribution in [0.4, 0.5) is 5.69 Å². The zero-order chi connectivity index (χ0) is 14.1. The van der Waals surface area contributed by atoms with Crippen molar-refractivity contribution < 1.29 is 9.32 Å². The van der Waals surface area contributed by atoms with E-state index in [-0.39, 0.29) is 5.91 Å². The van der Waals surface area contributed by atoms with Gasteiger partial charge in [0.1, 0.15) is 11.5 Å². The Morgan fingerprint density at radius 1 is 1.40 bits per heavy atom. The smallest absolute Gasteiger partial charge is 0.250 e. The molecule has 1 heterocycles. The highest BCUT2D eigenvalue weighted by Crippen LogP contribution is 2.41. The second-order valence-corrected chi connectivity index (χ2v) is 5.04. The first-order chi connectivity index (χ1) is 9.69. The fourth-order valence-electron chi connectivity index (χ4n) is 2.11. The molecule has 0 saturated heterocycles. The standard InChI is InChI=1S/C16H16N2O2/c1-3-16(19)18(2)13-8-6-11(7-9-13)14-10-15(20-17-14)12-4-5-12/h3,6-10,12H,1,4-5H2,2H3. The molecule has 0 N–H and O–H groups in total. The van der Waals surface area contributed by atoms with Crippen LogP contribution in [0.5, 0.6) is 0 Å². The van der Waals surface area contributed by atoms with E-state index < -0.39 is 0 Å². The lowest BCUT2D eigenvalue weighted by Crippen LogP contribution is -2.23. The van der Waals surface area contributed by atoms with E-state index in [1.807, 2.05) is 30.3 Å². The maximum Gasteiger partial charge on any atom is 0.250 e. The molecule has 0 unspecified atom stereocenters. The first kappa shape index (κ1) is 12.7. The Hall–Kier alpha value is -2.36. The van der Waals surface area contributed by atoms with Crippen LogP contribution in [0.25, 0.3) is 11.3 Å². The molecule has 0 bridgehead atoms. The van der Waals surface area contributed by atoms with Crippen LogP contribution in [0.15, 0.2) is 47.5 Å². The van der Waals surface area contributed by atoms with E-state index in [4.69, 9.17) is 4.52 Å². The van der Waals surface area contributed by atoms with E-state index in [1.165, 1.54) is 18.9 Å². The van der Waals surface area contributed by atoms with Gasteiger partial charge in [0.2, 0.25) is 5.91 Å². The Morgan fingerprint density at radius 3 is 2.70 bits per heavy atom. The molecule has 0 atom stereocenters. The van der Waals surface area contributed by atoms with Gasteiger partial charge in [0, 0.05) is 30.3 Å².